The SMILES string of the molecule is Cc1ccccc1OC1CCC(C(=O)NN)CC1. The summed E-state index contributed by atoms with van der Waals surface area (Å²) in [6.07, 6.45) is 3.73. The van der Waals surface area contributed by atoms with Gasteiger partial charge in [-0.1, -0.05) is 18.2 Å². The Bertz CT molecular complexity index is 412. The van der Waals surface area contributed by atoms with Gasteiger partial charge in [-0.15, -0.1) is 0 Å². The van der Waals surface area contributed by atoms with Gasteiger partial charge >= 0.3 is 0 Å². The van der Waals surface area contributed by atoms with Crippen LogP contribution in [0.25, 0.3) is 0 Å². The highest BCUT2D eigenvalue weighted by Crippen LogP contribution is 2.28. The fraction of sp³-hybridized carbons (Fsp3) is 0.500. The molecular weight excluding hydrogens is 228 g/mol. The molecule has 98 valence electrons. The number of para-hydroxylation sites is 1. The average Bonchev–Trinajstić information content (AvgIpc) is 2.41. The molecule has 0 atom stereocenters. The first kappa shape index (κ1) is 12.9. The first-order chi connectivity index (χ1) is 8.70. The van der Waals surface area contributed by atoms with Crippen molar-refractivity contribution in [3.05, 3.63) is 29.8 Å². The lowest BCUT2D eigenvalue weighted by molar-refractivity contribution is -0.126. The number of hydrazine groups is 1. The minimum absolute atomic E-state index is 0.0479. The third-order valence-corrected chi connectivity index (χ3v) is 3.57. The second-order valence-corrected chi connectivity index (χ2v) is 4.87. The van der Waals surface area contributed by atoms with E-state index >= 15 is 0 Å². The van der Waals surface area contributed by atoms with Crippen LogP contribution in [0.2, 0.25) is 0 Å². The van der Waals surface area contributed by atoms with Crippen molar-refractivity contribution in [2.45, 2.75) is 38.7 Å². The quantitative estimate of drug-likeness (QED) is 0.488. The van der Waals surface area contributed by atoms with Gasteiger partial charge in [-0.3, -0.25) is 10.2 Å². The molecule has 0 unspecified atom stereocenters. The Morgan fingerprint density at radius 1 is 1.28 bits per heavy atom. The van der Waals surface area contributed by atoms with Gasteiger partial charge in [0.15, 0.2) is 0 Å². The maximum absolute atomic E-state index is 11.4. The molecule has 1 amide bonds. The largest absolute Gasteiger partial charge is 0.490 e. The normalized spacial score (nSPS) is 23.4. The lowest BCUT2D eigenvalue weighted by atomic mass is 9.87. The van der Waals surface area contributed by atoms with E-state index in [1.54, 1.807) is 0 Å². The summed E-state index contributed by atoms with van der Waals surface area (Å²) < 4.78 is 5.98. The van der Waals surface area contributed by atoms with Crippen molar-refractivity contribution in [1.29, 1.82) is 0 Å². The smallest absolute Gasteiger partial charge is 0.236 e. The Kier molecular flexibility index (Phi) is 4.20. The molecular formula is C14H20N2O2. The Balaban J connectivity index is 1.87. The summed E-state index contributed by atoms with van der Waals surface area (Å²) in [4.78, 5) is 11.4. The molecule has 0 heterocycles. The molecule has 1 aliphatic rings. The number of carbonyl (C=O) groups excluding carboxylic acids is 1. The molecule has 1 aromatic carbocycles. The van der Waals surface area contributed by atoms with E-state index in [1.807, 2.05) is 31.2 Å². The summed E-state index contributed by atoms with van der Waals surface area (Å²) in [5.41, 5.74) is 3.38. The van der Waals surface area contributed by atoms with Gasteiger partial charge < -0.3 is 4.74 Å². The zero-order chi connectivity index (χ0) is 13.0. The monoisotopic (exact) mass is 248 g/mol. The highest BCUT2D eigenvalue weighted by Gasteiger charge is 2.26. The molecule has 0 aromatic heterocycles. The molecule has 0 aliphatic heterocycles. The molecule has 1 aromatic rings. The predicted octanol–water partition coefficient (Wildman–Crippen LogP) is 1.92. The summed E-state index contributed by atoms with van der Waals surface area (Å²) in [5, 5.41) is 0. The number of nitrogens with two attached hydrogens (primary N) is 1. The van der Waals surface area contributed by atoms with Crippen LogP contribution in [0.5, 0.6) is 5.75 Å². The van der Waals surface area contributed by atoms with Gasteiger partial charge in [-0.05, 0) is 44.2 Å². The number of nitrogens with one attached hydrogen (secondary N) is 1. The average molecular weight is 248 g/mol. The van der Waals surface area contributed by atoms with Gasteiger partial charge in [0.1, 0.15) is 5.75 Å². The van der Waals surface area contributed by atoms with Gasteiger partial charge in [0.05, 0.1) is 6.10 Å². The predicted molar refractivity (Wildman–Crippen MR) is 69.9 cm³/mol. The van der Waals surface area contributed by atoms with Crippen molar-refractivity contribution >= 4 is 5.91 Å². The topological polar surface area (TPSA) is 64.3 Å². The van der Waals surface area contributed by atoms with Crippen LogP contribution in [0.4, 0.5) is 0 Å². The Labute approximate surface area is 107 Å². The fourth-order valence-electron chi connectivity index (χ4n) is 2.43. The van der Waals surface area contributed by atoms with Gasteiger partial charge in [-0.2, -0.15) is 0 Å². The van der Waals surface area contributed by atoms with E-state index < -0.39 is 0 Å². The second-order valence-electron chi connectivity index (χ2n) is 4.87. The molecule has 18 heavy (non-hydrogen) atoms. The number of rotatable bonds is 3. The van der Waals surface area contributed by atoms with Crippen LogP contribution < -0.4 is 16.0 Å². The van der Waals surface area contributed by atoms with Crippen molar-refractivity contribution in [3.8, 4) is 5.75 Å². The molecule has 4 heteroatoms. The molecule has 2 rings (SSSR count). The van der Waals surface area contributed by atoms with Gasteiger partial charge in [0.2, 0.25) is 5.91 Å². The zero-order valence-corrected chi connectivity index (χ0v) is 10.7. The van der Waals surface area contributed by atoms with Crippen molar-refractivity contribution in [1.82, 2.24) is 5.43 Å². The van der Waals surface area contributed by atoms with Crippen LogP contribution >= 0.6 is 0 Å². The van der Waals surface area contributed by atoms with Crippen LogP contribution in [0.1, 0.15) is 31.2 Å². The second kappa shape index (κ2) is 5.87. The van der Waals surface area contributed by atoms with Crippen LogP contribution in [0.15, 0.2) is 24.3 Å². The minimum Gasteiger partial charge on any atom is -0.490 e. The van der Waals surface area contributed by atoms with E-state index in [2.05, 4.69) is 5.43 Å². The Morgan fingerprint density at radius 2 is 1.94 bits per heavy atom. The number of carbonyl (C=O) groups is 1. The molecule has 0 saturated heterocycles. The van der Waals surface area contributed by atoms with Crippen LogP contribution in [0, 0.1) is 12.8 Å². The van der Waals surface area contributed by atoms with Gasteiger partial charge in [0.25, 0.3) is 0 Å². The van der Waals surface area contributed by atoms with E-state index in [4.69, 9.17) is 10.6 Å². The first-order valence-electron chi connectivity index (χ1n) is 6.43. The van der Waals surface area contributed by atoms with Crippen LogP contribution in [-0.2, 0) is 4.79 Å². The number of amides is 1. The van der Waals surface area contributed by atoms with Crippen molar-refractivity contribution in [2.75, 3.05) is 0 Å². The van der Waals surface area contributed by atoms with Crippen LogP contribution in [-0.4, -0.2) is 12.0 Å². The molecule has 0 spiro atoms. The fourth-order valence-corrected chi connectivity index (χ4v) is 2.43. The third-order valence-electron chi connectivity index (χ3n) is 3.57. The lowest BCUT2D eigenvalue weighted by Gasteiger charge is -2.28. The third kappa shape index (κ3) is 3.01. The summed E-state index contributed by atoms with van der Waals surface area (Å²) in [6, 6.07) is 8.03. The van der Waals surface area contributed by atoms with Gasteiger partial charge in [-0.25, -0.2) is 5.84 Å². The molecule has 1 saturated carbocycles. The molecule has 4 nitrogen and oxygen atoms in total. The maximum atomic E-state index is 11.4. The maximum Gasteiger partial charge on any atom is 0.236 e. The van der Waals surface area contributed by atoms with Crippen molar-refractivity contribution < 1.29 is 9.53 Å². The molecule has 0 bridgehead atoms. The van der Waals surface area contributed by atoms with E-state index in [-0.39, 0.29) is 17.9 Å². The summed E-state index contributed by atoms with van der Waals surface area (Å²) in [7, 11) is 0. The first-order valence-corrected chi connectivity index (χ1v) is 6.43. The zero-order valence-electron chi connectivity index (χ0n) is 10.7. The summed E-state index contributed by atoms with van der Waals surface area (Å²) >= 11 is 0. The molecule has 1 aliphatic carbocycles. The molecule has 3 N–H and O–H groups in total. The number of hydrogen-bond acceptors (Lipinski definition) is 3. The molecule has 1 fully saturated rings. The standard InChI is InChI=1S/C14H20N2O2/c1-10-4-2-3-5-13(10)18-12-8-6-11(7-9-12)14(17)16-15/h2-5,11-12H,6-9,15H2,1H3,(H,16,17). The van der Waals surface area contributed by atoms with Crippen molar-refractivity contribution in [3.63, 3.8) is 0 Å². The molecule has 0 radical (unpaired) electrons. The Hall–Kier alpha value is -1.55. The minimum atomic E-state index is -0.0515. The lowest BCUT2D eigenvalue weighted by Crippen LogP contribution is -2.38. The van der Waals surface area contributed by atoms with Gasteiger partial charge in [0, 0.05) is 5.92 Å². The number of aryl methyl sites for hydroxylation is 1. The van der Waals surface area contributed by atoms with E-state index in [9.17, 15) is 4.79 Å². The van der Waals surface area contributed by atoms with E-state index in [0.717, 1.165) is 37.0 Å². The number of ether oxygens (including phenoxy) is 1. The summed E-state index contributed by atoms with van der Waals surface area (Å²) in [6.45, 7) is 2.04. The number of benzene rings is 1. The van der Waals surface area contributed by atoms with Crippen LogP contribution in [0.3, 0.4) is 0 Å². The van der Waals surface area contributed by atoms with E-state index in [1.165, 1.54) is 0 Å². The highest BCUT2D eigenvalue weighted by atomic mass is 16.5. The van der Waals surface area contributed by atoms with E-state index in [0.29, 0.717) is 0 Å². The Morgan fingerprint density at radius 3 is 2.56 bits per heavy atom. The summed E-state index contributed by atoms with van der Waals surface area (Å²) in [5.74, 6) is 6.09. The van der Waals surface area contributed by atoms with Crippen molar-refractivity contribution in [2.24, 2.45) is 11.8 Å². The number of hydrogen-bond donors (Lipinski definition) is 2. The highest BCUT2D eigenvalue weighted by molar-refractivity contribution is 5.78.